The van der Waals surface area contributed by atoms with E-state index < -0.39 is 11.6 Å². The lowest BCUT2D eigenvalue weighted by Gasteiger charge is -2.08. The van der Waals surface area contributed by atoms with Crippen molar-refractivity contribution in [3.05, 3.63) is 46.9 Å². The molecule has 0 radical (unpaired) electrons. The van der Waals surface area contributed by atoms with Gasteiger partial charge in [0.1, 0.15) is 28.4 Å². The molecule has 6 heteroatoms. The summed E-state index contributed by atoms with van der Waals surface area (Å²) < 4.78 is 26.2. The molecule has 2 aromatic rings. The zero-order valence-corrected chi connectivity index (χ0v) is 10.3. The molecule has 0 aliphatic rings. The molecule has 0 fully saturated rings. The second kappa shape index (κ2) is 5.27. The van der Waals surface area contributed by atoms with Gasteiger partial charge in [-0.2, -0.15) is 0 Å². The van der Waals surface area contributed by atoms with E-state index in [0.717, 1.165) is 12.1 Å². The highest BCUT2D eigenvalue weighted by Crippen LogP contribution is 2.21. The van der Waals surface area contributed by atoms with Gasteiger partial charge in [0.15, 0.2) is 0 Å². The Kier molecular flexibility index (Phi) is 3.72. The molecule has 1 N–H and O–H groups in total. The molecule has 1 aromatic carbocycles. The quantitative estimate of drug-likeness (QED) is 0.863. The number of nitrogens with one attached hydrogen (secondary N) is 1. The van der Waals surface area contributed by atoms with Gasteiger partial charge < -0.3 is 5.32 Å². The van der Waals surface area contributed by atoms with Gasteiger partial charge in [0, 0.05) is 18.6 Å². The number of aryl methyl sites for hydroxylation is 1. The van der Waals surface area contributed by atoms with Gasteiger partial charge in [-0.25, -0.2) is 18.7 Å². The minimum absolute atomic E-state index is 0.133. The van der Waals surface area contributed by atoms with E-state index in [1.807, 2.05) is 6.92 Å². The first kappa shape index (κ1) is 12.7. The zero-order valence-electron chi connectivity index (χ0n) is 9.54. The number of nitrogens with zero attached hydrogens (tertiary/aromatic N) is 2. The van der Waals surface area contributed by atoms with Crippen molar-refractivity contribution in [3.63, 3.8) is 0 Å². The normalized spacial score (nSPS) is 10.4. The fourth-order valence-corrected chi connectivity index (χ4v) is 1.62. The maximum absolute atomic E-state index is 13.4. The van der Waals surface area contributed by atoms with E-state index in [2.05, 4.69) is 15.3 Å². The van der Waals surface area contributed by atoms with Gasteiger partial charge >= 0.3 is 0 Å². The fraction of sp³-hybridized carbons (Fsp3) is 0.167. The van der Waals surface area contributed by atoms with E-state index in [-0.39, 0.29) is 10.8 Å². The number of hydrogen-bond acceptors (Lipinski definition) is 3. The standard InChI is InChI=1S/C12H10ClF2N3/c1-2-11-17-10(13)6-12(18-11)16-9-4-3-7(14)5-8(9)15/h3-6H,2H2,1H3,(H,16,17,18). The van der Waals surface area contributed by atoms with Crippen molar-refractivity contribution < 1.29 is 8.78 Å². The first-order valence-electron chi connectivity index (χ1n) is 5.34. The highest BCUT2D eigenvalue weighted by molar-refractivity contribution is 6.29. The second-order valence-electron chi connectivity index (χ2n) is 3.59. The summed E-state index contributed by atoms with van der Waals surface area (Å²) in [5.41, 5.74) is 0.133. The van der Waals surface area contributed by atoms with Crippen LogP contribution >= 0.6 is 11.6 Å². The zero-order chi connectivity index (χ0) is 13.1. The number of aromatic nitrogens is 2. The van der Waals surface area contributed by atoms with Crippen molar-refractivity contribution in [2.75, 3.05) is 5.32 Å². The summed E-state index contributed by atoms with van der Waals surface area (Å²) in [4.78, 5) is 8.13. The molecule has 1 aromatic heterocycles. The first-order valence-corrected chi connectivity index (χ1v) is 5.72. The van der Waals surface area contributed by atoms with Gasteiger partial charge in [0.25, 0.3) is 0 Å². The topological polar surface area (TPSA) is 37.8 Å². The van der Waals surface area contributed by atoms with Gasteiger partial charge in [-0.1, -0.05) is 18.5 Å². The molecule has 1 heterocycles. The predicted octanol–water partition coefficient (Wildman–Crippen LogP) is 3.71. The van der Waals surface area contributed by atoms with Crippen molar-refractivity contribution in [1.29, 1.82) is 0 Å². The number of hydrogen-bond donors (Lipinski definition) is 1. The highest BCUT2D eigenvalue weighted by Gasteiger charge is 2.06. The maximum Gasteiger partial charge on any atom is 0.149 e. The summed E-state index contributed by atoms with van der Waals surface area (Å²) in [6, 6.07) is 4.73. The molecule has 0 aliphatic heterocycles. The van der Waals surface area contributed by atoms with Gasteiger partial charge in [-0.15, -0.1) is 0 Å². The molecule has 0 saturated carbocycles. The molecule has 0 amide bonds. The average molecular weight is 270 g/mol. The average Bonchev–Trinajstić information content (AvgIpc) is 2.32. The van der Waals surface area contributed by atoms with Crippen LogP contribution in [0.3, 0.4) is 0 Å². The Bertz CT molecular complexity index is 575. The van der Waals surface area contributed by atoms with Gasteiger partial charge in [-0.05, 0) is 12.1 Å². The number of halogens is 3. The molecule has 0 aliphatic carbocycles. The largest absolute Gasteiger partial charge is 0.338 e. The van der Waals surface area contributed by atoms with Crippen molar-refractivity contribution >= 4 is 23.1 Å². The Balaban J connectivity index is 2.30. The Morgan fingerprint density at radius 1 is 1.22 bits per heavy atom. The Labute approximate surface area is 108 Å². The van der Waals surface area contributed by atoms with E-state index in [4.69, 9.17) is 11.6 Å². The lowest BCUT2D eigenvalue weighted by atomic mass is 10.3. The summed E-state index contributed by atoms with van der Waals surface area (Å²) >= 11 is 5.82. The third kappa shape index (κ3) is 2.92. The monoisotopic (exact) mass is 269 g/mol. The van der Waals surface area contributed by atoms with Crippen LogP contribution in [0.5, 0.6) is 0 Å². The molecule has 0 bridgehead atoms. The molecule has 94 valence electrons. The summed E-state index contributed by atoms with van der Waals surface area (Å²) in [6.45, 7) is 1.88. The highest BCUT2D eigenvalue weighted by atomic mass is 35.5. The van der Waals surface area contributed by atoms with Crippen molar-refractivity contribution in [1.82, 2.24) is 9.97 Å². The second-order valence-corrected chi connectivity index (χ2v) is 3.98. The smallest absolute Gasteiger partial charge is 0.149 e. The van der Waals surface area contributed by atoms with Crippen molar-refractivity contribution in [2.45, 2.75) is 13.3 Å². The van der Waals surface area contributed by atoms with Gasteiger partial charge in [-0.3, -0.25) is 0 Å². The number of rotatable bonds is 3. The lowest BCUT2D eigenvalue weighted by Crippen LogP contribution is -2.01. The van der Waals surface area contributed by atoms with Gasteiger partial charge in [0.2, 0.25) is 0 Å². The van der Waals surface area contributed by atoms with Crippen LogP contribution in [0, 0.1) is 11.6 Å². The third-order valence-electron chi connectivity index (χ3n) is 2.25. The molecule has 2 rings (SSSR count). The van der Waals surface area contributed by atoms with Crippen molar-refractivity contribution in [3.8, 4) is 0 Å². The van der Waals surface area contributed by atoms with Crippen LogP contribution in [0.25, 0.3) is 0 Å². The molecule has 0 atom stereocenters. The van der Waals surface area contributed by atoms with E-state index in [0.29, 0.717) is 18.1 Å². The van der Waals surface area contributed by atoms with Gasteiger partial charge in [0.05, 0.1) is 5.69 Å². The minimum Gasteiger partial charge on any atom is -0.338 e. The van der Waals surface area contributed by atoms with E-state index >= 15 is 0 Å². The van der Waals surface area contributed by atoms with E-state index in [1.54, 1.807) is 0 Å². The maximum atomic E-state index is 13.4. The van der Waals surface area contributed by atoms with E-state index in [9.17, 15) is 8.78 Å². The Morgan fingerprint density at radius 3 is 2.67 bits per heavy atom. The first-order chi connectivity index (χ1) is 8.58. The lowest BCUT2D eigenvalue weighted by molar-refractivity contribution is 0.586. The molecule has 0 unspecified atom stereocenters. The molecule has 18 heavy (non-hydrogen) atoms. The molecular formula is C12H10ClF2N3. The Morgan fingerprint density at radius 2 is 2.00 bits per heavy atom. The predicted molar refractivity (Wildman–Crippen MR) is 66.1 cm³/mol. The summed E-state index contributed by atoms with van der Waals surface area (Å²) in [5.74, 6) is -0.402. The summed E-state index contributed by atoms with van der Waals surface area (Å²) in [6.07, 6.45) is 0.612. The van der Waals surface area contributed by atoms with Crippen LogP contribution in [0.4, 0.5) is 20.3 Å². The van der Waals surface area contributed by atoms with Crippen LogP contribution in [-0.4, -0.2) is 9.97 Å². The van der Waals surface area contributed by atoms with Crippen LogP contribution in [-0.2, 0) is 6.42 Å². The SMILES string of the molecule is CCc1nc(Cl)cc(Nc2ccc(F)cc2F)n1. The summed E-state index contributed by atoms with van der Waals surface area (Å²) in [5, 5.41) is 3.01. The molecule has 0 saturated heterocycles. The number of anilines is 2. The van der Waals surface area contributed by atoms with E-state index in [1.165, 1.54) is 12.1 Å². The van der Waals surface area contributed by atoms with Crippen molar-refractivity contribution in [2.24, 2.45) is 0 Å². The molecule has 0 spiro atoms. The Hall–Kier alpha value is -1.75. The minimum atomic E-state index is -0.692. The fourth-order valence-electron chi connectivity index (χ4n) is 1.42. The van der Waals surface area contributed by atoms with Crippen LogP contribution < -0.4 is 5.32 Å². The van der Waals surface area contributed by atoms with Crippen LogP contribution in [0.1, 0.15) is 12.7 Å². The number of benzene rings is 1. The van der Waals surface area contributed by atoms with Crippen LogP contribution in [0.15, 0.2) is 24.3 Å². The van der Waals surface area contributed by atoms with Crippen LogP contribution in [0.2, 0.25) is 5.15 Å². The third-order valence-corrected chi connectivity index (χ3v) is 2.44. The molecular weight excluding hydrogens is 260 g/mol. The summed E-state index contributed by atoms with van der Waals surface area (Å²) in [7, 11) is 0. The molecule has 3 nitrogen and oxygen atoms in total.